The quantitative estimate of drug-likeness (QED) is 0.575. The molecule has 136 valence electrons. The molecule has 2 aromatic carbocycles. The summed E-state index contributed by atoms with van der Waals surface area (Å²) >= 11 is 1.97. The number of ether oxygens (including phenoxy) is 1. The van der Waals surface area contributed by atoms with Gasteiger partial charge in [0.1, 0.15) is 0 Å². The van der Waals surface area contributed by atoms with Gasteiger partial charge in [-0.2, -0.15) is 11.8 Å². The Labute approximate surface area is 158 Å². The van der Waals surface area contributed by atoms with Crippen molar-refractivity contribution in [2.24, 2.45) is 0 Å². The van der Waals surface area contributed by atoms with E-state index in [0.29, 0.717) is 23.3 Å². The number of rotatable bonds is 6. The molecule has 0 saturated carbocycles. The molecule has 0 amide bonds. The molecule has 0 spiro atoms. The maximum atomic E-state index is 13.1. The normalized spacial score (nSPS) is 14.8. The first-order valence-electron chi connectivity index (χ1n) is 8.89. The lowest BCUT2D eigenvalue weighted by molar-refractivity contribution is 0.0526. The van der Waals surface area contributed by atoms with E-state index in [1.165, 1.54) is 0 Å². The Morgan fingerprint density at radius 2 is 1.77 bits per heavy atom. The van der Waals surface area contributed by atoms with Crippen LogP contribution in [0.25, 0.3) is 0 Å². The number of hydrogen-bond donors (Lipinski definition) is 0. The van der Waals surface area contributed by atoms with E-state index in [1.54, 1.807) is 31.2 Å². The molecule has 1 aliphatic heterocycles. The molecule has 3 rings (SSSR count). The van der Waals surface area contributed by atoms with E-state index in [-0.39, 0.29) is 5.78 Å². The minimum atomic E-state index is -0.402. The van der Waals surface area contributed by atoms with Crippen LogP contribution in [0.2, 0.25) is 0 Å². The Hall–Kier alpha value is -2.11. The molecule has 0 bridgehead atoms. The van der Waals surface area contributed by atoms with Crippen molar-refractivity contribution in [3.05, 3.63) is 70.8 Å². The summed E-state index contributed by atoms with van der Waals surface area (Å²) in [5.74, 6) is 1.81. The van der Waals surface area contributed by atoms with Gasteiger partial charge >= 0.3 is 5.97 Å². The van der Waals surface area contributed by atoms with Gasteiger partial charge in [-0.25, -0.2) is 4.79 Å². The zero-order valence-electron chi connectivity index (χ0n) is 14.9. The fraction of sp³-hybridized carbons (Fsp3) is 0.333. The van der Waals surface area contributed by atoms with Gasteiger partial charge in [-0.05, 0) is 24.6 Å². The van der Waals surface area contributed by atoms with Gasteiger partial charge in [-0.3, -0.25) is 9.69 Å². The van der Waals surface area contributed by atoms with E-state index in [4.69, 9.17) is 4.74 Å². The van der Waals surface area contributed by atoms with Crippen molar-refractivity contribution in [3.8, 4) is 0 Å². The summed E-state index contributed by atoms with van der Waals surface area (Å²) in [4.78, 5) is 27.4. The van der Waals surface area contributed by atoms with Gasteiger partial charge in [-0.1, -0.05) is 36.4 Å². The van der Waals surface area contributed by atoms with Crippen LogP contribution < -0.4 is 0 Å². The molecular formula is C21H23NO3S. The minimum Gasteiger partial charge on any atom is -0.462 e. The van der Waals surface area contributed by atoms with Crippen LogP contribution >= 0.6 is 11.8 Å². The number of thioether (sulfide) groups is 1. The smallest absolute Gasteiger partial charge is 0.338 e. The van der Waals surface area contributed by atoms with Gasteiger partial charge in [0.25, 0.3) is 0 Å². The van der Waals surface area contributed by atoms with E-state index >= 15 is 0 Å². The maximum absolute atomic E-state index is 13.1. The number of ketones is 1. The molecule has 1 aliphatic rings. The summed E-state index contributed by atoms with van der Waals surface area (Å²) in [5, 5.41) is 0. The fourth-order valence-corrected chi connectivity index (χ4v) is 4.02. The molecule has 0 aliphatic carbocycles. The number of esters is 1. The lowest BCUT2D eigenvalue weighted by atomic mass is 9.97. The van der Waals surface area contributed by atoms with Gasteiger partial charge in [0.05, 0.1) is 12.2 Å². The number of hydrogen-bond acceptors (Lipinski definition) is 5. The average molecular weight is 369 g/mol. The van der Waals surface area contributed by atoms with E-state index in [9.17, 15) is 9.59 Å². The highest BCUT2D eigenvalue weighted by atomic mass is 32.2. The fourth-order valence-electron chi connectivity index (χ4n) is 3.04. The van der Waals surface area contributed by atoms with E-state index < -0.39 is 5.97 Å². The van der Waals surface area contributed by atoms with Gasteiger partial charge in [0, 0.05) is 42.3 Å². The minimum absolute atomic E-state index is 0.0573. The number of carbonyl (C=O) groups is 2. The molecule has 2 aromatic rings. The third-order valence-corrected chi connectivity index (χ3v) is 5.34. The summed E-state index contributed by atoms with van der Waals surface area (Å²) in [6.07, 6.45) is 0. The second-order valence-corrected chi connectivity index (χ2v) is 7.40. The van der Waals surface area contributed by atoms with Crippen molar-refractivity contribution in [1.82, 2.24) is 4.90 Å². The largest absolute Gasteiger partial charge is 0.462 e. The Balaban J connectivity index is 1.83. The molecule has 1 saturated heterocycles. The summed E-state index contributed by atoms with van der Waals surface area (Å²) in [6.45, 7) is 4.95. The van der Waals surface area contributed by atoms with Crippen molar-refractivity contribution in [2.45, 2.75) is 13.5 Å². The van der Waals surface area contributed by atoms with E-state index in [0.717, 1.165) is 36.7 Å². The molecule has 26 heavy (non-hydrogen) atoms. The monoisotopic (exact) mass is 369 g/mol. The van der Waals surface area contributed by atoms with Crippen molar-refractivity contribution < 1.29 is 14.3 Å². The first kappa shape index (κ1) is 18.7. The van der Waals surface area contributed by atoms with Gasteiger partial charge in [0.2, 0.25) is 0 Å². The van der Waals surface area contributed by atoms with Crippen molar-refractivity contribution in [2.75, 3.05) is 31.2 Å². The lowest BCUT2D eigenvalue weighted by Gasteiger charge is -2.26. The van der Waals surface area contributed by atoms with Crippen LogP contribution in [0, 0.1) is 0 Å². The third-order valence-electron chi connectivity index (χ3n) is 4.40. The summed E-state index contributed by atoms with van der Waals surface area (Å²) < 4.78 is 5.03. The zero-order chi connectivity index (χ0) is 18.4. The Morgan fingerprint density at radius 1 is 1.04 bits per heavy atom. The average Bonchev–Trinajstić information content (AvgIpc) is 2.69. The molecule has 4 nitrogen and oxygen atoms in total. The van der Waals surface area contributed by atoms with Crippen LogP contribution in [0.5, 0.6) is 0 Å². The molecule has 1 heterocycles. The van der Waals surface area contributed by atoms with E-state index in [1.807, 2.05) is 36.0 Å². The molecule has 0 unspecified atom stereocenters. The standard InChI is InChI=1S/C21H23NO3S/c1-2-25-21(24)17-8-5-7-16(14-17)20(23)19-9-4-3-6-18(19)15-22-10-12-26-13-11-22/h3-9,14H,2,10-13,15H2,1H3. The number of nitrogens with zero attached hydrogens (tertiary/aromatic N) is 1. The molecule has 5 heteroatoms. The SMILES string of the molecule is CCOC(=O)c1cccc(C(=O)c2ccccc2CN2CCSCC2)c1. The Bertz CT molecular complexity index is 784. The Morgan fingerprint density at radius 3 is 2.54 bits per heavy atom. The Kier molecular flexibility index (Phi) is 6.47. The molecule has 0 N–H and O–H groups in total. The highest BCUT2D eigenvalue weighted by Gasteiger charge is 2.18. The third kappa shape index (κ3) is 4.54. The number of carbonyl (C=O) groups excluding carboxylic acids is 2. The van der Waals surface area contributed by atoms with Crippen LogP contribution in [0.15, 0.2) is 48.5 Å². The second-order valence-electron chi connectivity index (χ2n) is 6.18. The summed E-state index contributed by atoms with van der Waals surface area (Å²) in [6, 6.07) is 14.5. The van der Waals surface area contributed by atoms with Gasteiger partial charge < -0.3 is 4.74 Å². The van der Waals surface area contributed by atoms with Gasteiger partial charge in [-0.15, -0.1) is 0 Å². The van der Waals surface area contributed by atoms with Crippen molar-refractivity contribution >= 4 is 23.5 Å². The van der Waals surface area contributed by atoms with Crippen molar-refractivity contribution in [3.63, 3.8) is 0 Å². The van der Waals surface area contributed by atoms with Crippen LogP contribution in [0.4, 0.5) is 0 Å². The number of benzene rings is 2. The van der Waals surface area contributed by atoms with Crippen LogP contribution in [0.1, 0.15) is 38.8 Å². The maximum Gasteiger partial charge on any atom is 0.338 e. The molecule has 0 aromatic heterocycles. The van der Waals surface area contributed by atoms with Gasteiger partial charge in [0.15, 0.2) is 5.78 Å². The summed E-state index contributed by atoms with van der Waals surface area (Å²) in [7, 11) is 0. The molecule has 0 atom stereocenters. The highest BCUT2D eigenvalue weighted by molar-refractivity contribution is 7.99. The second kappa shape index (κ2) is 9.01. The van der Waals surface area contributed by atoms with Crippen LogP contribution in [-0.4, -0.2) is 47.9 Å². The summed E-state index contributed by atoms with van der Waals surface area (Å²) in [5.41, 5.74) is 2.65. The first-order valence-corrected chi connectivity index (χ1v) is 10.0. The zero-order valence-corrected chi connectivity index (χ0v) is 15.8. The molecular weight excluding hydrogens is 346 g/mol. The molecule has 1 fully saturated rings. The van der Waals surface area contributed by atoms with Crippen LogP contribution in [0.3, 0.4) is 0 Å². The predicted octanol–water partition coefficient (Wildman–Crippen LogP) is 3.64. The predicted molar refractivity (Wildman–Crippen MR) is 105 cm³/mol. The van der Waals surface area contributed by atoms with Crippen LogP contribution in [-0.2, 0) is 11.3 Å². The topological polar surface area (TPSA) is 46.6 Å². The van der Waals surface area contributed by atoms with E-state index in [2.05, 4.69) is 4.90 Å². The van der Waals surface area contributed by atoms with Crippen molar-refractivity contribution in [1.29, 1.82) is 0 Å². The molecule has 0 radical (unpaired) electrons. The lowest BCUT2D eigenvalue weighted by Crippen LogP contribution is -2.32. The highest BCUT2D eigenvalue weighted by Crippen LogP contribution is 2.19. The first-order chi connectivity index (χ1) is 12.7.